The molecule has 158 valence electrons. The second-order valence-corrected chi connectivity index (χ2v) is 7.47. The van der Waals surface area contributed by atoms with Gasteiger partial charge in [-0.1, -0.05) is 43.7 Å². The number of ketones is 1. The Morgan fingerprint density at radius 2 is 1.84 bits per heavy atom. The van der Waals surface area contributed by atoms with E-state index < -0.39 is 0 Å². The van der Waals surface area contributed by atoms with Crippen LogP contribution in [0.5, 0.6) is 0 Å². The molecular formula is C21H23N9O. The van der Waals surface area contributed by atoms with Crippen LogP contribution in [0.3, 0.4) is 0 Å². The maximum Gasteiger partial charge on any atom is 0.204 e. The van der Waals surface area contributed by atoms with Crippen molar-refractivity contribution in [3.05, 3.63) is 54.0 Å². The zero-order chi connectivity index (χ0) is 21.6. The lowest BCUT2D eigenvalue weighted by molar-refractivity contribution is -0.121. The number of aromatic amines is 2. The molecule has 1 aromatic carbocycles. The summed E-state index contributed by atoms with van der Waals surface area (Å²) >= 11 is 0. The predicted molar refractivity (Wildman–Crippen MR) is 113 cm³/mol. The van der Waals surface area contributed by atoms with Gasteiger partial charge in [-0.3, -0.25) is 9.78 Å². The topological polar surface area (TPSA) is 139 Å². The van der Waals surface area contributed by atoms with Gasteiger partial charge in [0.25, 0.3) is 0 Å². The average Bonchev–Trinajstić information content (AvgIpc) is 3.51. The van der Waals surface area contributed by atoms with Gasteiger partial charge in [-0.2, -0.15) is 5.21 Å². The molecule has 3 heterocycles. The van der Waals surface area contributed by atoms with Gasteiger partial charge in [-0.25, -0.2) is 5.10 Å². The Hall–Kier alpha value is -3.82. The van der Waals surface area contributed by atoms with Crippen LogP contribution >= 0.6 is 0 Å². The van der Waals surface area contributed by atoms with Gasteiger partial charge < -0.3 is 0 Å². The van der Waals surface area contributed by atoms with Gasteiger partial charge in [-0.05, 0) is 47.0 Å². The highest BCUT2D eigenvalue weighted by atomic mass is 16.1. The molecule has 0 unspecified atom stereocenters. The number of benzene rings is 1. The van der Waals surface area contributed by atoms with Crippen molar-refractivity contribution >= 4 is 5.78 Å². The molecule has 3 aromatic heterocycles. The van der Waals surface area contributed by atoms with Crippen LogP contribution in [0.25, 0.3) is 22.6 Å². The van der Waals surface area contributed by atoms with E-state index in [-0.39, 0.29) is 17.6 Å². The number of nitrogens with zero attached hydrogens (tertiary/aromatic N) is 7. The lowest BCUT2D eigenvalue weighted by atomic mass is 9.81. The fourth-order valence-corrected chi connectivity index (χ4v) is 3.80. The number of H-pyrrole nitrogens is 2. The second kappa shape index (κ2) is 9.33. The van der Waals surface area contributed by atoms with Gasteiger partial charge in [0.15, 0.2) is 5.82 Å². The molecule has 10 nitrogen and oxygen atoms in total. The Kier molecular flexibility index (Phi) is 6.16. The first kappa shape index (κ1) is 20.5. The van der Waals surface area contributed by atoms with E-state index in [1.54, 1.807) is 6.92 Å². The first-order valence-electron chi connectivity index (χ1n) is 10.2. The number of carbonyl (C=O) groups excluding carboxylic acids is 1. The van der Waals surface area contributed by atoms with Crippen molar-refractivity contribution in [3.63, 3.8) is 0 Å². The van der Waals surface area contributed by atoms with Crippen molar-refractivity contribution in [1.29, 1.82) is 0 Å². The summed E-state index contributed by atoms with van der Waals surface area (Å²) in [5, 5.41) is 28.3. The normalized spacial score (nSPS) is 13.1. The molecule has 0 amide bonds. The minimum absolute atomic E-state index is 0.116. The van der Waals surface area contributed by atoms with E-state index in [4.69, 9.17) is 0 Å². The van der Waals surface area contributed by atoms with Crippen molar-refractivity contribution in [1.82, 2.24) is 46.2 Å². The maximum atomic E-state index is 12.3. The molecule has 0 fully saturated rings. The highest BCUT2D eigenvalue weighted by Crippen LogP contribution is 2.30. The van der Waals surface area contributed by atoms with Crippen LogP contribution in [0.1, 0.15) is 44.0 Å². The van der Waals surface area contributed by atoms with E-state index in [0.29, 0.717) is 18.1 Å². The number of tetrazole rings is 2. The summed E-state index contributed by atoms with van der Waals surface area (Å²) < 4.78 is 0. The first-order chi connectivity index (χ1) is 15.2. The number of rotatable bonds is 9. The lowest BCUT2D eigenvalue weighted by Crippen LogP contribution is -2.23. The quantitative estimate of drug-likeness (QED) is 0.424. The molecule has 4 rings (SSSR count). The smallest absolute Gasteiger partial charge is 0.204 e. The molecule has 0 aliphatic heterocycles. The summed E-state index contributed by atoms with van der Waals surface area (Å²) in [6.07, 6.45) is 4.19. The zero-order valence-electron chi connectivity index (χ0n) is 17.4. The zero-order valence-corrected chi connectivity index (χ0v) is 17.4. The van der Waals surface area contributed by atoms with Gasteiger partial charge >= 0.3 is 0 Å². The summed E-state index contributed by atoms with van der Waals surface area (Å²) in [5.41, 5.74) is 3.75. The Balaban J connectivity index is 1.53. The second-order valence-electron chi connectivity index (χ2n) is 7.47. The van der Waals surface area contributed by atoms with Crippen molar-refractivity contribution in [2.45, 2.75) is 39.0 Å². The molecular weight excluding hydrogens is 394 g/mol. The van der Waals surface area contributed by atoms with Crippen LogP contribution in [-0.2, 0) is 11.2 Å². The molecule has 0 saturated heterocycles. The highest BCUT2D eigenvalue weighted by Gasteiger charge is 2.29. The van der Waals surface area contributed by atoms with E-state index >= 15 is 0 Å². The Bertz CT molecular complexity index is 1090. The monoisotopic (exact) mass is 417 g/mol. The number of carbonyl (C=O) groups is 1. The fourth-order valence-electron chi connectivity index (χ4n) is 3.80. The maximum absolute atomic E-state index is 12.3. The molecule has 4 aromatic rings. The van der Waals surface area contributed by atoms with Crippen LogP contribution in [0.4, 0.5) is 0 Å². The summed E-state index contributed by atoms with van der Waals surface area (Å²) in [6, 6.07) is 11.8. The fraction of sp³-hybridized carbons (Fsp3) is 0.333. The molecule has 0 radical (unpaired) electrons. The minimum Gasteiger partial charge on any atom is -0.300 e. The minimum atomic E-state index is -0.142. The standard InChI is InChI=1S/C21H23N9O/c1-3-4-17(13(2)31)18(21-25-29-30-26-21)11-14-5-10-19(22-12-14)15-6-8-16(9-7-15)20-23-27-28-24-20/h5-10,12,17-18H,3-4,11H2,1-2H3,(H,23,24,27,28)(H,25,26,29,30)/t17-,18+/m1/s1. The van der Waals surface area contributed by atoms with Crippen LogP contribution in [-0.4, -0.2) is 52.0 Å². The summed E-state index contributed by atoms with van der Waals surface area (Å²) in [6.45, 7) is 3.71. The summed E-state index contributed by atoms with van der Waals surface area (Å²) in [7, 11) is 0. The number of hydrogen-bond acceptors (Lipinski definition) is 8. The number of hydrogen-bond donors (Lipinski definition) is 2. The molecule has 0 saturated carbocycles. The molecule has 2 atom stereocenters. The van der Waals surface area contributed by atoms with Gasteiger partial charge in [0, 0.05) is 29.2 Å². The van der Waals surface area contributed by atoms with E-state index in [0.717, 1.165) is 35.2 Å². The van der Waals surface area contributed by atoms with E-state index in [1.807, 2.05) is 42.6 Å². The van der Waals surface area contributed by atoms with Crippen LogP contribution < -0.4 is 0 Å². The van der Waals surface area contributed by atoms with Crippen molar-refractivity contribution in [2.75, 3.05) is 0 Å². The average molecular weight is 417 g/mol. The van der Waals surface area contributed by atoms with Gasteiger partial charge in [0.05, 0.1) is 5.69 Å². The van der Waals surface area contributed by atoms with Crippen molar-refractivity contribution in [3.8, 4) is 22.6 Å². The SMILES string of the molecule is CCC[C@H](C(C)=O)[C@H](Cc1ccc(-c2ccc(-c3nn[nH]n3)cc2)nc1)c1nnn[nH]1. The Morgan fingerprint density at radius 1 is 1.03 bits per heavy atom. The van der Waals surface area contributed by atoms with Crippen molar-refractivity contribution < 1.29 is 4.79 Å². The summed E-state index contributed by atoms with van der Waals surface area (Å²) in [4.78, 5) is 16.9. The number of Topliss-reactive ketones (excluding diaryl/α,β-unsaturated/α-hetero) is 1. The molecule has 0 bridgehead atoms. The van der Waals surface area contributed by atoms with Gasteiger partial charge in [0.1, 0.15) is 5.78 Å². The molecule has 0 aliphatic carbocycles. The third-order valence-corrected chi connectivity index (χ3v) is 5.39. The molecule has 31 heavy (non-hydrogen) atoms. The first-order valence-corrected chi connectivity index (χ1v) is 10.2. The third kappa shape index (κ3) is 4.68. The molecule has 0 spiro atoms. The van der Waals surface area contributed by atoms with Crippen molar-refractivity contribution in [2.24, 2.45) is 5.92 Å². The largest absolute Gasteiger partial charge is 0.300 e. The number of aromatic nitrogens is 9. The Labute approximate surface area is 178 Å². The van der Waals surface area contributed by atoms with E-state index in [2.05, 4.69) is 53.2 Å². The lowest BCUT2D eigenvalue weighted by Gasteiger charge is -2.22. The highest BCUT2D eigenvalue weighted by molar-refractivity contribution is 5.79. The molecule has 0 aliphatic rings. The van der Waals surface area contributed by atoms with E-state index in [9.17, 15) is 4.79 Å². The van der Waals surface area contributed by atoms with Crippen LogP contribution in [0, 0.1) is 5.92 Å². The van der Waals surface area contributed by atoms with Crippen LogP contribution in [0.15, 0.2) is 42.6 Å². The molecule has 2 N–H and O–H groups in total. The molecule has 10 heteroatoms. The number of pyridine rings is 1. The third-order valence-electron chi connectivity index (χ3n) is 5.39. The predicted octanol–water partition coefficient (Wildman–Crippen LogP) is 2.77. The van der Waals surface area contributed by atoms with Crippen LogP contribution in [0.2, 0.25) is 0 Å². The van der Waals surface area contributed by atoms with Gasteiger partial charge in [0.2, 0.25) is 5.82 Å². The van der Waals surface area contributed by atoms with Gasteiger partial charge in [-0.15, -0.1) is 15.3 Å². The number of nitrogens with one attached hydrogen (secondary N) is 2. The van der Waals surface area contributed by atoms with E-state index in [1.165, 1.54) is 0 Å². The Morgan fingerprint density at radius 3 is 2.42 bits per heavy atom. The summed E-state index contributed by atoms with van der Waals surface area (Å²) in [5.74, 6) is 1.07.